The molecule has 0 spiro atoms. The average Bonchev–Trinajstić information content (AvgIpc) is 3.01. The molecule has 0 saturated heterocycles. The van der Waals surface area contributed by atoms with Crippen LogP contribution in [0.15, 0.2) is 12.3 Å². The number of anilines is 1. The van der Waals surface area contributed by atoms with Crippen LogP contribution in [0, 0.1) is 23.2 Å². The molecule has 4 aliphatic carbocycles. The number of hydrogen-bond donors (Lipinski definition) is 1. The highest BCUT2D eigenvalue weighted by molar-refractivity contribution is 5.94. The molecule has 0 aromatic carbocycles. The normalized spacial score (nSPS) is 32.5. The van der Waals surface area contributed by atoms with E-state index in [9.17, 15) is 9.59 Å². The van der Waals surface area contributed by atoms with Crippen molar-refractivity contribution in [2.45, 2.75) is 77.9 Å². The molecule has 4 bridgehead atoms. The molecule has 6 heteroatoms. The van der Waals surface area contributed by atoms with Crippen LogP contribution >= 0.6 is 0 Å². The summed E-state index contributed by atoms with van der Waals surface area (Å²) in [7, 11) is 0. The van der Waals surface area contributed by atoms with Gasteiger partial charge in [-0.25, -0.2) is 4.68 Å². The summed E-state index contributed by atoms with van der Waals surface area (Å²) in [6.07, 6.45) is 8.90. The molecule has 4 saturated carbocycles. The molecular weight excluding hydrogens is 342 g/mol. The van der Waals surface area contributed by atoms with Crippen LogP contribution in [-0.2, 0) is 14.3 Å². The molecule has 1 heterocycles. The Morgan fingerprint density at radius 3 is 2.33 bits per heavy atom. The van der Waals surface area contributed by atoms with Crippen LogP contribution in [0.1, 0.15) is 71.8 Å². The molecule has 1 aromatic rings. The Labute approximate surface area is 161 Å². The predicted octanol–water partition coefficient (Wildman–Crippen LogP) is 3.94. The standard InChI is InChI=1S/C21H31N3O3/c1-13(2)24-18(4-5-22-24)23-20(26)14(3)27-19(25)12-21-9-15-6-16(10-21)8-17(7-15)11-21/h4-5,13-17H,6-12H2,1-3H3,(H,23,26)/t14-,15?,16?,17?,21?/m1/s1. The highest BCUT2D eigenvalue weighted by Gasteiger charge is 2.51. The molecule has 1 N–H and O–H groups in total. The molecular formula is C21H31N3O3. The minimum atomic E-state index is -0.804. The Morgan fingerprint density at radius 2 is 1.78 bits per heavy atom. The fraction of sp³-hybridized carbons (Fsp3) is 0.762. The van der Waals surface area contributed by atoms with Crippen LogP contribution in [0.3, 0.4) is 0 Å². The Hall–Kier alpha value is -1.85. The third-order valence-electron chi connectivity index (χ3n) is 6.77. The first-order valence-corrected chi connectivity index (χ1v) is 10.4. The monoisotopic (exact) mass is 373 g/mol. The lowest BCUT2D eigenvalue weighted by molar-refractivity contribution is -0.160. The SMILES string of the molecule is CC(C)n1nccc1NC(=O)[C@@H](C)OC(=O)CC12CC3CC(CC(C3)C1)C2. The molecule has 0 unspecified atom stereocenters. The minimum Gasteiger partial charge on any atom is -0.453 e. The van der Waals surface area contributed by atoms with E-state index >= 15 is 0 Å². The molecule has 1 amide bonds. The van der Waals surface area contributed by atoms with Crippen molar-refractivity contribution in [2.24, 2.45) is 23.2 Å². The molecule has 148 valence electrons. The van der Waals surface area contributed by atoms with Gasteiger partial charge in [-0.3, -0.25) is 9.59 Å². The third kappa shape index (κ3) is 3.76. The first-order chi connectivity index (χ1) is 12.8. The number of amides is 1. The predicted molar refractivity (Wildman–Crippen MR) is 102 cm³/mol. The summed E-state index contributed by atoms with van der Waals surface area (Å²) in [5.41, 5.74) is 0.137. The third-order valence-corrected chi connectivity index (χ3v) is 6.77. The van der Waals surface area contributed by atoms with Gasteiger partial charge in [-0.1, -0.05) is 0 Å². The van der Waals surface area contributed by atoms with Gasteiger partial charge in [0.1, 0.15) is 5.82 Å². The van der Waals surface area contributed by atoms with Crippen LogP contribution in [0.5, 0.6) is 0 Å². The van der Waals surface area contributed by atoms with Crippen molar-refractivity contribution in [1.29, 1.82) is 0 Å². The van der Waals surface area contributed by atoms with Crippen molar-refractivity contribution in [1.82, 2.24) is 9.78 Å². The lowest BCUT2D eigenvalue weighted by Crippen LogP contribution is -2.47. The van der Waals surface area contributed by atoms with Gasteiger partial charge in [0, 0.05) is 12.1 Å². The second-order valence-corrected chi connectivity index (χ2v) is 9.47. The van der Waals surface area contributed by atoms with Gasteiger partial charge < -0.3 is 10.1 Å². The highest BCUT2D eigenvalue weighted by atomic mass is 16.5. The molecule has 4 fully saturated rings. The molecule has 0 aliphatic heterocycles. The summed E-state index contributed by atoms with van der Waals surface area (Å²) in [6, 6.07) is 1.89. The quantitative estimate of drug-likeness (QED) is 0.767. The second-order valence-electron chi connectivity index (χ2n) is 9.47. The highest BCUT2D eigenvalue weighted by Crippen LogP contribution is 2.61. The first kappa shape index (κ1) is 18.5. The van der Waals surface area contributed by atoms with Gasteiger partial charge in [0.2, 0.25) is 0 Å². The van der Waals surface area contributed by atoms with Gasteiger partial charge in [-0.15, -0.1) is 0 Å². The first-order valence-electron chi connectivity index (χ1n) is 10.4. The van der Waals surface area contributed by atoms with Crippen molar-refractivity contribution in [3.8, 4) is 0 Å². The van der Waals surface area contributed by atoms with E-state index in [0.717, 1.165) is 17.8 Å². The summed E-state index contributed by atoms with van der Waals surface area (Å²) in [5, 5.41) is 7.03. The summed E-state index contributed by atoms with van der Waals surface area (Å²) in [6.45, 7) is 5.64. The van der Waals surface area contributed by atoms with Crippen LogP contribution in [0.25, 0.3) is 0 Å². The van der Waals surface area contributed by atoms with Crippen LogP contribution < -0.4 is 5.32 Å². The number of nitrogens with zero attached hydrogens (tertiary/aromatic N) is 2. The maximum Gasteiger partial charge on any atom is 0.307 e. The zero-order valence-electron chi connectivity index (χ0n) is 16.6. The summed E-state index contributed by atoms with van der Waals surface area (Å²) in [4.78, 5) is 25.1. The van der Waals surface area contributed by atoms with E-state index in [2.05, 4.69) is 10.4 Å². The lowest BCUT2D eigenvalue weighted by Gasteiger charge is -2.56. The molecule has 0 radical (unpaired) electrons. The van der Waals surface area contributed by atoms with Crippen LogP contribution in [0.2, 0.25) is 0 Å². The zero-order chi connectivity index (χ0) is 19.2. The zero-order valence-corrected chi connectivity index (χ0v) is 16.6. The molecule has 5 rings (SSSR count). The van der Waals surface area contributed by atoms with Crippen LogP contribution in [-0.4, -0.2) is 27.8 Å². The van der Waals surface area contributed by atoms with E-state index in [1.165, 1.54) is 38.5 Å². The lowest BCUT2D eigenvalue weighted by atomic mass is 9.49. The summed E-state index contributed by atoms with van der Waals surface area (Å²) >= 11 is 0. The van der Waals surface area contributed by atoms with Crippen molar-refractivity contribution < 1.29 is 14.3 Å². The number of aromatic nitrogens is 2. The number of rotatable bonds is 6. The molecule has 1 atom stereocenters. The Bertz CT molecular complexity index is 689. The number of carbonyl (C=O) groups is 2. The Kier molecular flexibility index (Phi) is 4.77. The largest absolute Gasteiger partial charge is 0.453 e. The molecule has 27 heavy (non-hydrogen) atoms. The Morgan fingerprint density at radius 1 is 1.19 bits per heavy atom. The number of carbonyl (C=O) groups excluding carboxylic acids is 2. The fourth-order valence-electron chi connectivity index (χ4n) is 6.16. The van der Waals surface area contributed by atoms with Crippen molar-refractivity contribution >= 4 is 17.7 Å². The van der Waals surface area contributed by atoms with E-state index in [1.807, 2.05) is 13.8 Å². The number of ether oxygens (including phenoxy) is 1. The smallest absolute Gasteiger partial charge is 0.307 e. The number of nitrogens with one attached hydrogen (secondary N) is 1. The summed E-state index contributed by atoms with van der Waals surface area (Å²) < 4.78 is 7.26. The van der Waals surface area contributed by atoms with E-state index < -0.39 is 6.10 Å². The topological polar surface area (TPSA) is 73.2 Å². The fourth-order valence-corrected chi connectivity index (χ4v) is 6.16. The van der Waals surface area contributed by atoms with Crippen LogP contribution in [0.4, 0.5) is 5.82 Å². The van der Waals surface area contributed by atoms with E-state index in [0.29, 0.717) is 12.2 Å². The molecule has 6 nitrogen and oxygen atoms in total. The molecule has 4 aliphatic rings. The van der Waals surface area contributed by atoms with Crippen molar-refractivity contribution in [2.75, 3.05) is 5.32 Å². The number of hydrogen-bond acceptors (Lipinski definition) is 4. The van der Waals surface area contributed by atoms with Crippen molar-refractivity contribution in [3.63, 3.8) is 0 Å². The van der Waals surface area contributed by atoms with Crippen molar-refractivity contribution in [3.05, 3.63) is 12.3 Å². The second kappa shape index (κ2) is 6.95. The van der Waals surface area contributed by atoms with Gasteiger partial charge >= 0.3 is 5.97 Å². The van der Waals surface area contributed by atoms with Gasteiger partial charge in [-0.05, 0) is 82.5 Å². The maximum atomic E-state index is 12.6. The number of esters is 1. The van der Waals surface area contributed by atoms with Gasteiger partial charge in [0.15, 0.2) is 6.10 Å². The summed E-state index contributed by atoms with van der Waals surface area (Å²) in [5.74, 6) is 2.51. The Balaban J connectivity index is 1.33. The van der Waals surface area contributed by atoms with Gasteiger partial charge in [-0.2, -0.15) is 5.10 Å². The van der Waals surface area contributed by atoms with Gasteiger partial charge in [0.05, 0.1) is 12.6 Å². The minimum absolute atomic E-state index is 0.137. The van der Waals surface area contributed by atoms with E-state index in [-0.39, 0.29) is 23.3 Å². The van der Waals surface area contributed by atoms with E-state index in [4.69, 9.17) is 4.74 Å². The van der Waals surface area contributed by atoms with E-state index in [1.54, 1.807) is 23.9 Å². The van der Waals surface area contributed by atoms with Gasteiger partial charge in [0.25, 0.3) is 5.91 Å². The maximum absolute atomic E-state index is 12.6. The average molecular weight is 373 g/mol. The molecule has 1 aromatic heterocycles.